The third-order valence-corrected chi connectivity index (χ3v) is 3.27. The molecular formula is C12H24N2O2. The topological polar surface area (TPSA) is 34.1 Å². The molecule has 0 aromatic heterocycles. The highest BCUT2D eigenvalue weighted by Crippen LogP contribution is 2.31. The van der Waals surface area contributed by atoms with Gasteiger partial charge in [-0.2, -0.15) is 0 Å². The first-order chi connectivity index (χ1) is 7.68. The second kappa shape index (κ2) is 6.21. The largest absolute Gasteiger partial charge is 0.399 e. The van der Waals surface area contributed by atoms with Gasteiger partial charge in [0.1, 0.15) is 7.11 Å². The number of ether oxygens (including phenoxy) is 1. The van der Waals surface area contributed by atoms with E-state index in [1.54, 1.807) is 7.11 Å². The Kier molecular flexibility index (Phi) is 5.22. The molecule has 4 heteroatoms. The molecule has 0 amide bonds. The predicted octanol–water partition coefficient (Wildman–Crippen LogP) is 1.90. The molecule has 0 saturated carbocycles. The van der Waals surface area contributed by atoms with E-state index in [-0.39, 0.29) is 5.54 Å². The first kappa shape index (κ1) is 13.5. The van der Waals surface area contributed by atoms with Crippen molar-refractivity contribution >= 4 is 5.71 Å². The van der Waals surface area contributed by atoms with Crippen molar-refractivity contribution in [2.75, 3.05) is 33.9 Å². The summed E-state index contributed by atoms with van der Waals surface area (Å²) in [5.74, 6) is 0. The molecule has 0 N–H and O–H groups in total. The molecule has 1 heterocycles. The van der Waals surface area contributed by atoms with Gasteiger partial charge in [-0.1, -0.05) is 18.5 Å². The highest BCUT2D eigenvalue weighted by atomic mass is 16.6. The number of hydrogen-bond acceptors (Lipinski definition) is 4. The maximum absolute atomic E-state index is 5.63. The van der Waals surface area contributed by atoms with Gasteiger partial charge in [0, 0.05) is 25.1 Å². The fourth-order valence-corrected chi connectivity index (χ4v) is 2.47. The van der Waals surface area contributed by atoms with Crippen LogP contribution in [0.1, 0.15) is 33.1 Å². The van der Waals surface area contributed by atoms with Gasteiger partial charge in [0.15, 0.2) is 0 Å². The first-order valence-electron chi connectivity index (χ1n) is 6.06. The molecule has 1 aliphatic rings. The molecule has 1 aliphatic heterocycles. The minimum absolute atomic E-state index is 0.127. The Morgan fingerprint density at radius 1 is 1.44 bits per heavy atom. The third kappa shape index (κ3) is 2.95. The van der Waals surface area contributed by atoms with Crippen molar-refractivity contribution in [3.05, 3.63) is 0 Å². The lowest BCUT2D eigenvalue weighted by molar-refractivity contribution is 0.0257. The maximum atomic E-state index is 5.63. The van der Waals surface area contributed by atoms with Crippen molar-refractivity contribution in [2.45, 2.75) is 38.6 Å². The number of hydrogen-bond donors (Lipinski definition) is 0. The molecule has 0 radical (unpaired) electrons. The minimum atomic E-state index is 0.127. The van der Waals surface area contributed by atoms with E-state index < -0.39 is 0 Å². The van der Waals surface area contributed by atoms with Gasteiger partial charge in [-0.05, 0) is 20.4 Å². The molecule has 1 unspecified atom stereocenters. The van der Waals surface area contributed by atoms with Gasteiger partial charge in [0.05, 0.1) is 12.3 Å². The monoisotopic (exact) mass is 228 g/mol. The average molecular weight is 228 g/mol. The van der Waals surface area contributed by atoms with Crippen LogP contribution in [-0.4, -0.2) is 50.1 Å². The molecule has 0 aromatic carbocycles. The van der Waals surface area contributed by atoms with E-state index in [4.69, 9.17) is 9.57 Å². The van der Waals surface area contributed by atoms with Crippen LogP contribution in [0.5, 0.6) is 0 Å². The Bertz CT molecular complexity index is 243. The van der Waals surface area contributed by atoms with Gasteiger partial charge in [-0.3, -0.25) is 4.90 Å². The molecule has 1 fully saturated rings. The van der Waals surface area contributed by atoms with Crippen molar-refractivity contribution in [3.8, 4) is 0 Å². The Hall–Kier alpha value is -0.610. The summed E-state index contributed by atoms with van der Waals surface area (Å²) in [6.07, 6.45) is 3.27. The van der Waals surface area contributed by atoms with Crippen molar-refractivity contribution in [3.63, 3.8) is 0 Å². The quantitative estimate of drug-likeness (QED) is 0.651. The van der Waals surface area contributed by atoms with Crippen LogP contribution in [-0.2, 0) is 9.57 Å². The summed E-state index contributed by atoms with van der Waals surface area (Å²) in [5, 5.41) is 4.08. The summed E-state index contributed by atoms with van der Waals surface area (Å²) in [6, 6.07) is 0. The highest BCUT2D eigenvalue weighted by Gasteiger charge is 2.41. The van der Waals surface area contributed by atoms with Crippen molar-refractivity contribution in [1.29, 1.82) is 0 Å². The molecule has 0 bridgehead atoms. The van der Waals surface area contributed by atoms with E-state index in [0.29, 0.717) is 0 Å². The Morgan fingerprint density at radius 2 is 2.19 bits per heavy atom. The number of rotatable bonds is 6. The molecular weight excluding hydrogens is 204 g/mol. The number of likely N-dealkylation sites (N-methyl/N-ethyl adjacent to an activating group) is 1. The minimum Gasteiger partial charge on any atom is -0.399 e. The van der Waals surface area contributed by atoms with Gasteiger partial charge in [-0.15, -0.1) is 0 Å². The van der Waals surface area contributed by atoms with Gasteiger partial charge >= 0.3 is 0 Å². The van der Waals surface area contributed by atoms with Crippen LogP contribution in [0.4, 0.5) is 0 Å². The van der Waals surface area contributed by atoms with Gasteiger partial charge in [0.2, 0.25) is 0 Å². The van der Waals surface area contributed by atoms with Crippen LogP contribution in [0.3, 0.4) is 0 Å². The van der Waals surface area contributed by atoms with E-state index in [9.17, 15) is 0 Å². The van der Waals surface area contributed by atoms with Gasteiger partial charge < -0.3 is 9.57 Å². The predicted molar refractivity (Wildman–Crippen MR) is 65.8 cm³/mol. The van der Waals surface area contributed by atoms with E-state index in [1.165, 1.54) is 0 Å². The maximum Gasteiger partial charge on any atom is 0.106 e. The SMILES string of the molecule is CCCC1(COCC)C/C(=N/OC)CN1C. The number of likely N-dealkylation sites (tertiary alicyclic amines) is 1. The van der Waals surface area contributed by atoms with Crippen LogP contribution in [0, 0.1) is 0 Å². The molecule has 1 saturated heterocycles. The first-order valence-corrected chi connectivity index (χ1v) is 6.06. The van der Waals surface area contributed by atoms with E-state index in [2.05, 4.69) is 24.0 Å². The second-order valence-electron chi connectivity index (χ2n) is 4.48. The Labute approximate surface area is 98.6 Å². The van der Waals surface area contributed by atoms with Crippen LogP contribution in [0.25, 0.3) is 0 Å². The highest BCUT2D eigenvalue weighted by molar-refractivity contribution is 5.89. The molecule has 94 valence electrons. The van der Waals surface area contributed by atoms with E-state index >= 15 is 0 Å². The molecule has 1 atom stereocenters. The van der Waals surface area contributed by atoms with E-state index in [1.807, 2.05) is 6.92 Å². The fraction of sp³-hybridized carbons (Fsp3) is 0.917. The number of oxime groups is 1. The van der Waals surface area contributed by atoms with Gasteiger partial charge in [-0.25, -0.2) is 0 Å². The summed E-state index contributed by atoms with van der Waals surface area (Å²) in [6.45, 7) is 6.71. The zero-order valence-corrected chi connectivity index (χ0v) is 11.0. The molecule has 1 rings (SSSR count). The van der Waals surface area contributed by atoms with Crippen LogP contribution in [0.2, 0.25) is 0 Å². The van der Waals surface area contributed by atoms with Gasteiger partial charge in [0.25, 0.3) is 0 Å². The number of nitrogens with zero attached hydrogens (tertiary/aromatic N) is 2. The summed E-state index contributed by atoms with van der Waals surface area (Å²) < 4.78 is 5.63. The standard InChI is InChI=1S/C12H24N2O2/c1-5-7-12(10-16-6-2)8-11(13-15-4)9-14(12)3/h5-10H2,1-4H3/b13-11-. The molecule has 0 spiro atoms. The Morgan fingerprint density at radius 3 is 2.75 bits per heavy atom. The molecule has 0 aromatic rings. The van der Waals surface area contributed by atoms with Crippen molar-refractivity contribution in [2.24, 2.45) is 5.16 Å². The Balaban J connectivity index is 2.72. The molecule has 16 heavy (non-hydrogen) atoms. The van der Waals surface area contributed by atoms with Crippen molar-refractivity contribution in [1.82, 2.24) is 4.90 Å². The summed E-state index contributed by atoms with van der Waals surface area (Å²) in [4.78, 5) is 7.22. The van der Waals surface area contributed by atoms with Crippen LogP contribution in [0.15, 0.2) is 5.16 Å². The summed E-state index contributed by atoms with van der Waals surface area (Å²) >= 11 is 0. The van der Waals surface area contributed by atoms with Crippen molar-refractivity contribution < 1.29 is 9.57 Å². The average Bonchev–Trinajstić information content (AvgIpc) is 2.54. The molecule has 4 nitrogen and oxygen atoms in total. The summed E-state index contributed by atoms with van der Waals surface area (Å²) in [7, 11) is 3.75. The van der Waals surface area contributed by atoms with E-state index in [0.717, 1.165) is 44.7 Å². The normalized spacial score (nSPS) is 28.9. The van der Waals surface area contributed by atoms with Crippen LogP contribution >= 0.6 is 0 Å². The second-order valence-corrected chi connectivity index (χ2v) is 4.48. The zero-order chi connectivity index (χ0) is 12.0. The molecule has 0 aliphatic carbocycles. The summed E-state index contributed by atoms with van der Waals surface area (Å²) in [5.41, 5.74) is 1.25. The lowest BCUT2D eigenvalue weighted by Crippen LogP contribution is -2.45. The fourth-order valence-electron chi connectivity index (χ4n) is 2.47. The lowest BCUT2D eigenvalue weighted by atomic mass is 9.91. The van der Waals surface area contributed by atoms with Crippen LogP contribution < -0.4 is 0 Å². The third-order valence-electron chi connectivity index (χ3n) is 3.27. The zero-order valence-electron chi connectivity index (χ0n) is 11.0. The smallest absolute Gasteiger partial charge is 0.106 e. The lowest BCUT2D eigenvalue weighted by Gasteiger charge is -2.35.